The van der Waals surface area contributed by atoms with Crippen molar-refractivity contribution in [1.29, 1.82) is 0 Å². The first-order valence-corrected chi connectivity index (χ1v) is 15.4. The van der Waals surface area contributed by atoms with Crippen molar-refractivity contribution in [2.24, 2.45) is 0 Å². The van der Waals surface area contributed by atoms with Crippen molar-refractivity contribution in [3.8, 4) is 11.5 Å². The molecule has 0 radical (unpaired) electrons. The molecular formula is C33H33N3O6S. The zero-order valence-corrected chi connectivity index (χ0v) is 24.8. The van der Waals surface area contributed by atoms with Crippen molar-refractivity contribution in [1.82, 2.24) is 5.32 Å². The Kier molecular flexibility index (Phi) is 8.96. The summed E-state index contributed by atoms with van der Waals surface area (Å²) >= 11 is 0. The monoisotopic (exact) mass is 599 g/mol. The van der Waals surface area contributed by atoms with Crippen LogP contribution in [0.4, 0.5) is 11.4 Å². The van der Waals surface area contributed by atoms with E-state index < -0.39 is 16.1 Å². The van der Waals surface area contributed by atoms with E-state index in [4.69, 9.17) is 9.47 Å². The van der Waals surface area contributed by atoms with Gasteiger partial charge in [0.05, 0.1) is 17.1 Å². The third kappa shape index (κ3) is 7.34. The van der Waals surface area contributed by atoms with Crippen molar-refractivity contribution in [3.05, 3.63) is 114 Å². The summed E-state index contributed by atoms with van der Waals surface area (Å²) in [6.45, 7) is 4.02. The standard InChI is InChI=1S/C33H33N3O6S/c1-23-12-13-26(20-24(23)2)35-43(39,40)28-16-14-27(15-17-28)41-22-32(37)36-21-31(42-30-11-7-6-10-29(30)36)33(38)34-19-18-25-8-4-3-5-9-25/h3-17,20,31,35H,18-19,21-22H2,1-2H3,(H,34,38)/t31-/m0/s1. The number of sulfonamides is 1. The van der Waals surface area contributed by atoms with Crippen molar-refractivity contribution < 1.29 is 27.5 Å². The number of nitrogens with zero attached hydrogens (tertiary/aromatic N) is 1. The SMILES string of the molecule is Cc1ccc(NS(=O)(=O)c2ccc(OCC(=O)N3C[C@@H](C(=O)NCCc4ccccc4)Oc4ccccc43)cc2)cc1C. The van der Waals surface area contributed by atoms with E-state index in [0.717, 1.165) is 16.7 Å². The van der Waals surface area contributed by atoms with Crippen LogP contribution >= 0.6 is 0 Å². The fourth-order valence-electron chi connectivity index (χ4n) is 4.65. The van der Waals surface area contributed by atoms with Gasteiger partial charge in [-0.25, -0.2) is 8.42 Å². The second-order valence-electron chi connectivity index (χ2n) is 10.3. The Morgan fingerprint density at radius 3 is 2.37 bits per heavy atom. The van der Waals surface area contributed by atoms with Gasteiger partial charge in [0.1, 0.15) is 11.5 Å². The first-order chi connectivity index (χ1) is 20.7. The van der Waals surface area contributed by atoms with E-state index >= 15 is 0 Å². The van der Waals surface area contributed by atoms with Gasteiger partial charge in [0.25, 0.3) is 21.8 Å². The predicted molar refractivity (Wildman–Crippen MR) is 165 cm³/mol. The molecule has 0 bridgehead atoms. The van der Waals surface area contributed by atoms with Crippen LogP contribution in [-0.2, 0) is 26.0 Å². The number of hydrogen-bond donors (Lipinski definition) is 2. The molecule has 0 saturated carbocycles. The lowest BCUT2D eigenvalue weighted by Crippen LogP contribution is -2.52. The van der Waals surface area contributed by atoms with Gasteiger partial charge in [-0.1, -0.05) is 48.5 Å². The number of carbonyl (C=O) groups excluding carboxylic acids is 2. The number of nitrogens with one attached hydrogen (secondary N) is 2. The van der Waals surface area contributed by atoms with Crippen molar-refractivity contribution in [2.75, 3.05) is 29.3 Å². The van der Waals surface area contributed by atoms with Crippen molar-refractivity contribution in [2.45, 2.75) is 31.3 Å². The number of carbonyl (C=O) groups is 2. The van der Waals surface area contributed by atoms with Crippen LogP contribution in [0.15, 0.2) is 102 Å². The zero-order chi connectivity index (χ0) is 30.4. The molecule has 10 heteroatoms. The van der Waals surface area contributed by atoms with Crippen LogP contribution in [-0.4, -0.2) is 46.0 Å². The largest absolute Gasteiger partial charge is 0.484 e. The zero-order valence-electron chi connectivity index (χ0n) is 23.9. The average molecular weight is 600 g/mol. The molecule has 0 aromatic heterocycles. The van der Waals surface area contributed by atoms with E-state index in [9.17, 15) is 18.0 Å². The maximum absolute atomic E-state index is 13.3. The molecule has 1 aliphatic heterocycles. The Morgan fingerprint density at radius 1 is 0.907 bits per heavy atom. The highest BCUT2D eigenvalue weighted by molar-refractivity contribution is 7.92. The number of hydrogen-bond acceptors (Lipinski definition) is 6. The smallest absolute Gasteiger partial charge is 0.265 e. The highest BCUT2D eigenvalue weighted by atomic mass is 32.2. The molecule has 5 rings (SSSR count). The van der Waals surface area contributed by atoms with E-state index in [-0.39, 0.29) is 29.9 Å². The maximum Gasteiger partial charge on any atom is 0.265 e. The van der Waals surface area contributed by atoms with Gasteiger partial charge in [-0.2, -0.15) is 0 Å². The first kappa shape index (κ1) is 29.7. The number of ether oxygens (including phenoxy) is 2. The van der Waals surface area contributed by atoms with Crippen LogP contribution in [0.2, 0.25) is 0 Å². The van der Waals surface area contributed by atoms with Crippen LogP contribution in [0.1, 0.15) is 16.7 Å². The quantitative estimate of drug-likeness (QED) is 0.275. The van der Waals surface area contributed by atoms with E-state index in [1.165, 1.54) is 29.2 Å². The normalized spacial score (nSPS) is 14.3. The van der Waals surface area contributed by atoms with Crippen molar-refractivity contribution in [3.63, 3.8) is 0 Å². The number of amides is 2. The average Bonchev–Trinajstić information content (AvgIpc) is 3.01. The maximum atomic E-state index is 13.3. The topological polar surface area (TPSA) is 114 Å². The van der Waals surface area contributed by atoms with Crippen LogP contribution in [0.5, 0.6) is 11.5 Å². The second kappa shape index (κ2) is 13.0. The van der Waals surface area contributed by atoms with Crippen LogP contribution < -0.4 is 24.4 Å². The summed E-state index contributed by atoms with van der Waals surface area (Å²) in [6.07, 6.45) is -0.210. The van der Waals surface area contributed by atoms with E-state index in [0.29, 0.717) is 35.8 Å². The summed E-state index contributed by atoms with van der Waals surface area (Å²) in [4.78, 5) is 27.8. The van der Waals surface area contributed by atoms with E-state index in [1.807, 2.05) is 50.2 Å². The molecule has 1 atom stereocenters. The molecule has 9 nitrogen and oxygen atoms in total. The molecule has 4 aromatic carbocycles. The molecule has 4 aromatic rings. The molecule has 1 aliphatic rings. The Labute approximate surface area is 251 Å². The lowest BCUT2D eigenvalue weighted by Gasteiger charge is -2.34. The highest BCUT2D eigenvalue weighted by Gasteiger charge is 2.33. The van der Waals surface area contributed by atoms with Gasteiger partial charge < -0.3 is 19.7 Å². The molecule has 0 fully saturated rings. The van der Waals surface area contributed by atoms with Gasteiger partial charge in [0.2, 0.25) is 0 Å². The van der Waals surface area contributed by atoms with E-state index in [1.54, 1.807) is 36.4 Å². The summed E-state index contributed by atoms with van der Waals surface area (Å²) in [6, 6.07) is 28.0. The molecule has 2 N–H and O–H groups in total. The van der Waals surface area contributed by atoms with Crippen LogP contribution in [0, 0.1) is 13.8 Å². The first-order valence-electron chi connectivity index (χ1n) is 13.9. The van der Waals surface area contributed by atoms with Gasteiger partial charge in [-0.15, -0.1) is 0 Å². The highest BCUT2D eigenvalue weighted by Crippen LogP contribution is 2.33. The molecule has 1 heterocycles. The molecule has 2 amide bonds. The minimum Gasteiger partial charge on any atom is -0.484 e. The number of para-hydroxylation sites is 2. The minimum atomic E-state index is -3.81. The Hall–Kier alpha value is -4.83. The number of anilines is 2. The fraction of sp³-hybridized carbons (Fsp3) is 0.212. The fourth-order valence-corrected chi connectivity index (χ4v) is 5.70. The summed E-state index contributed by atoms with van der Waals surface area (Å²) < 4.78 is 40.0. The number of rotatable bonds is 10. The lowest BCUT2D eigenvalue weighted by molar-refractivity contribution is -0.128. The summed E-state index contributed by atoms with van der Waals surface area (Å²) in [5.74, 6) is 0.0765. The Bertz CT molecular complexity index is 1710. The molecule has 222 valence electrons. The van der Waals surface area contributed by atoms with Gasteiger partial charge >= 0.3 is 0 Å². The Balaban J connectivity index is 1.20. The Morgan fingerprint density at radius 2 is 1.63 bits per heavy atom. The summed E-state index contributed by atoms with van der Waals surface area (Å²) in [5.41, 5.74) is 4.17. The molecule has 0 unspecified atom stereocenters. The molecule has 43 heavy (non-hydrogen) atoms. The van der Waals surface area contributed by atoms with Gasteiger partial charge in [-0.05, 0) is 85.5 Å². The third-order valence-corrected chi connectivity index (χ3v) is 8.58. The van der Waals surface area contributed by atoms with Gasteiger partial charge in [0, 0.05) is 12.2 Å². The second-order valence-corrected chi connectivity index (χ2v) is 12.0. The van der Waals surface area contributed by atoms with Crippen LogP contribution in [0.3, 0.4) is 0 Å². The predicted octanol–water partition coefficient (Wildman–Crippen LogP) is 4.64. The lowest BCUT2D eigenvalue weighted by atomic mass is 10.1. The molecule has 0 aliphatic carbocycles. The van der Waals surface area contributed by atoms with Gasteiger partial charge in [0.15, 0.2) is 12.7 Å². The third-order valence-electron chi connectivity index (χ3n) is 7.18. The number of aryl methyl sites for hydroxylation is 2. The summed E-state index contributed by atoms with van der Waals surface area (Å²) in [5, 5.41) is 2.90. The minimum absolute atomic E-state index is 0.0255. The van der Waals surface area contributed by atoms with E-state index in [2.05, 4.69) is 10.0 Å². The van der Waals surface area contributed by atoms with Gasteiger partial charge in [-0.3, -0.25) is 14.3 Å². The number of fused-ring (bicyclic) bond motifs is 1. The summed E-state index contributed by atoms with van der Waals surface area (Å²) in [7, 11) is -3.81. The molecular weight excluding hydrogens is 566 g/mol. The number of benzene rings is 4. The molecule has 0 saturated heterocycles. The van der Waals surface area contributed by atoms with Crippen LogP contribution in [0.25, 0.3) is 0 Å². The van der Waals surface area contributed by atoms with Crippen molar-refractivity contribution >= 4 is 33.2 Å². The molecule has 0 spiro atoms.